The van der Waals surface area contributed by atoms with Gasteiger partial charge in [0, 0.05) is 0 Å². The van der Waals surface area contributed by atoms with Crippen LogP contribution in [0.2, 0.25) is 5.02 Å². The Balaban J connectivity index is 1.45. The van der Waals surface area contributed by atoms with E-state index < -0.39 is 5.97 Å². The van der Waals surface area contributed by atoms with Gasteiger partial charge in [-0.15, -0.1) is 0 Å². The SMILES string of the molecule is Cc1cccc(CN2C(=O)S/C(=C\c3ccc(OC(=O)c4ccccc4Cl)cc3)C2=O)c1. The molecule has 0 N–H and O–H groups in total. The van der Waals surface area contributed by atoms with Gasteiger partial charge in [0.15, 0.2) is 0 Å². The molecule has 0 bridgehead atoms. The maximum Gasteiger partial charge on any atom is 0.345 e. The fourth-order valence-corrected chi connectivity index (χ4v) is 4.25. The highest BCUT2D eigenvalue weighted by molar-refractivity contribution is 8.18. The number of halogens is 1. The van der Waals surface area contributed by atoms with Crippen LogP contribution >= 0.6 is 23.4 Å². The van der Waals surface area contributed by atoms with Crippen molar-refractivity contribution in [1.29, 1.82) is 0 Å². The van der Waals surface area contributed by atoms with Crippen molar-refractivity contribution < 1.29 is 19.1 Å². The van der Waals surface area contributed by atoms with Crippen LogP contribution in [-0.4, -0.2) is 22.0 Å². The van der Waals surface area contributed by atoms with Crippen molar-refractivity contribution in [2.24, 2.45) is 0 Å². The van der Waals surface area contributed by atoms with Gasteiger partial charge in [-0.3, -0.25) is 14.5 Å². The van der Waals surface area contributed by atoms with Gasteiger partial charge < -0.3 is 4.74 Å². The number of carbonyl (C=O) groups is 3. The summed E-state index contributed by atoms with van der Waals surface area (Å²) < 4.78 is 5.36. The van der Waals surface area contributed by atoms with Gasteiger partial charge in [-0.05, 0) is 60.2 Å². The number of ether oxygens (including phenoxy) is 1. The number of benzene rings is 3. The van der Waals surface area contributed by atoms with E-state index in [0.717, 1.165) is 22.9 Å². The first-order chi connectivity index (χ1) is 15.4. The molecule has 2 amide bonds. The first-order valence-electron chi connectivity index (χ1n) is 9.78. The second kappa shape index (κ2) is 9.42. The molecule has 0 aliphatic carbocycles. The van der Waals surface area contributed by atoms with Crippen LogP contribution in [0.4, 0.5) is 4.79 Å². The summed E-state index contributed by atoms with van der Waals surface area (Å²) in [5.41, 5.74) is 2.96. The number of imide groups is 1. The highest BCUT2D eigenvalue weighted by Crippen LogP contribution is 2.33. The van der Waals surface area contributed by atoms with E-state index in [1.165, 1.54) is 4.90 Å². The Labute approximate surface area is 194 Å². The first kappa shape index (κ1) is 21.9. The highest BCUT2D eigenvalue weighted by atomic mass is 35.5. The number of carbonyl (C=O) groups excluding carboxylic acids is 3. The molecule has 3 aromatic carbocycles. The second-order valence-corrected chi connectivity index (χ2v) is 8.60. The summed E-state index contributed by atoms with van der Waals surface area (Å²) in [5, 5.41) is 0.0172. The van der Waals surface area contributed by atoms with Crippen LogP contribution < -0.4 is 4.74 Å². The Morgan fingerprint density at radius 1 is 1.03 bits per heavy atom. The average Bonchev–Trinajstić information content (AvgIpc) is 3.03. The molecule has 1 aliphatic heterocycles. The maximum atomic E-state index is 12.7. The normalized spacial score (nSPS) is 14.8. The van der Waals surface area contributed by atoms with Crippen molar-refractivity contribution in [3.8, 4) is 5.75 Å². The van der Waals surface area contributed by atoms with Gasteiger partial charge in [-0.2, -0.15) is 0 Å². The van der Waals surface area contributed by atoms with E-state index in [-0.39, 0.29) is 23.3 Å². The van der Waals surface area contributed by atoms with E-state index in [1.807, 2.05) is 31.2 Å². The second-order valence-electron chi connectivity index (χ2n) is 7.20. The van der Waals surface area contributed by atoms with E-state index in [1.54, 1.807) is 54.6 Å². The average molecular weight is 464 g/mol. The van der Waals surface area contributed by atoms with Crippen LogP contribution in [0.25, 0.3) is 6.08 Å². The lowest BCUT2D eigenvalue weighted by molar-refractivity contribution is -0.123. The summed E-state index contributed by atoms with van der Waals surface area (Å²) in [4.78, 5) is 39.0. The first-order valence-corrected chi connectivity index (χ1v) is 11.0. The molecule has 0 radical (unpaired) electrons. The summed E-state index contributed by atoms with van der Waals surface area (Å²) in [5.74, 6) is -0.532. The fraction of sp³-hybridized carbons (Fsp3) is 0.0800. The quantitative estimate of drug-likeness (QED) is 0.260. The molecular weight excluding hydrogens is 446 g/mol. The summed E-state index contributed by atoms with van der Waals surface area (Å²) in [6, 6.07) is 21.0. The molecule has 0 saturated carbocycles. The predicted molar refractivity (Wildman–Crippen MR) is 126 cm³/mol. The smallest absolute Gasteiger partial charge is 0.345 e. The number of aryl methyl sites for hydroxylation is 1. The zero-order valence-corrected chi connectivity index (χ0v) is 18.7. The number of thioether (sulfide) groups is 1. The Hall–Kier alpha value is -3.35. The molecule has 3 aromatic rings. The van der Waals surface area contributed by atoms with Gasteiger partial charge in [-0.25, -0.2) is 4.79 Å². The van der Waals surface area contributed by atoms with E-state index in [9.17, 15) is 14.4 Å². The minimum absolute atomic E-state index is 0.237. The number of amides is 2. The zero-order valence-electron chi connectivity index (χ0n) is 17.1. The van der Waals surface area contributed by atoms with Crippen LogP contribution in [0.15, 0.2) is 77.7 Å². The van der Waals surface area contributed by atoms with E-state index >= 15 is 0 Å². The molecule has 0 unspecified atom stereocenters. The monoisotopic (exact) mass is 463 g/mol. The van der Waals surface area contributed by atoms with Crippen molar-refractivity contribution in [2.75, 3.05) is 0 Å². The molecule has 0 aromatic heterocycles. The van der Waals surface area contributed by atoms with Crippen LogP contribution in [0, 0.1) is 6.92 Å². The Bertz CT molecular complexity index is 1240. The lowest BCUT2D eigenvalue weighted by atomic mass is 10.1. The number of hydrogen-bond acceptors (Lipinski definition) is 5. The molecule has 0 atom stereocenters. The summed E-state index contributed by atoms with van der Waals surface area (Å²) in [7, 11) is 0. The van der Waals surface area contributed by atoms with Gasteiger partial charge >= 0.3 is 5.97 Å². The zero-order chi connectivity index (χ0) is 22.7. The molecule has 160 valence electrons. The minimum atomic E-state index is -0.555. The van der Waals surface area contributed by atoms with Gasteiger partial charge in [0.25, 0.3) is 11.1 Å². The van der Waals surface area contributed by atoms with Gasteiger partial charge in [0.1, 0.15) is 5.75 Å². The van der Waals surface area contributed by atoms with Crippen LogP contribution in [0.1, 0.15) is 27.0 Å². The number of esters is 1. The Morgan fingerprint density at radius 3 is 2.50 bits per heavy atom. The third-order valence-corrected chi connectivity index (χ3v) is 6.02. The van der Waals surface area contributed by atoms with Crippen molar-refractivity contribution in [1.82, 2.24) is 4.90 Å². The molecule has 1 saturated heterocycles. The lowest BCUT2D eigenvalue weighted by Gasteiger charge is -2.12. The molecule has 0 spiro atoms. The summed E-state index contributed by atoms with van der Waals surface area (Å²) in [6.07, 6.45) is 1.65. The summed E-state index contributed by atoms with van der Waals surface area (Å²) >= 11 is 6.94. The van der Waals surface area contributed by atoms with Gasteiger partial charge in [0.2, 0.25) is 0 Å². The van der Waals surface area contributed by atoms with Crippen molar-refractivity contribution in [3.63, 3.8) is 0 Å². The van der Waals surface area contributed by atoms with Crippen LogP contribution in [0.3, 0.4) is 0 Å². The van der Waals surface area contributed by atoms with Crippen molar-refractivity contribution in [3.05, 3.63) is 105 Å². The molecular formula is C25H18ClNO4S. The molecule has 1 heterocycles. The minimum Gasteiger partial charge on any atom is -0.423 e. The van der Waals surface area contributed by atoms with E-state index in [2.05, 4.69) is 0 Å². The molecule has 4 rings (SSSR count). The molecule has 1 fully saturated rings. The summed E-state index contributed by atoms with van der Waals surface area (Å²) in [6.45, 7) is 2.20. The number of hydrogen-bond donors (Lipinski definition) is 0. The van der Waals surface area contributed by atoms with E-state index in [4.69, 9.17) is 16.3 Å². The number of nitrogens with zero attached hydrogens (tertiary/aromatic N) is 1. The van der Waals surface area contributed by atoms with Gasteiger partial charge in [-0.1, -0.05) is 65.7 Å². The fourth-order valence-electron chi connectivity index (χ4n) is 3.20. The van der Waals surface area contributed by atoms with Crippen LogP contribution in [-0.2, 0) is 11.3 Å². The van der Waals surface area contributed by atoms with E-state index in [0.29, 0.717) is 21.2 Å². The topological polar surface area (TPSA) is 63.7 Å². The molecule has 1 aliphatic rings. The Kier molecular flexibility index (Phi) is 6.44. The molecule has 7 heteroatoms. The van der Waals surface area contributed by atoms with Crippen molar-refractivity contribution in [2.45, 2.75) is 13.5 Å². The highest BCUT2D eigenvalue weighted by Gasteiger charge is 2.34. The molecule has 32 heavy (non-hydrogen) atoms. The van der Waals surface area contributed by atoms with Crippen molar-refractivity contribution >= 4 is 46.6 Å². The van der Waals surface area contributed by atoms with Crippen LogP contribution in [0.5, 0.6) is 5.75 Å². The third kappa shape index (κ3) is 4.93. The third-order valence-electron chi connectivity index (χ3n) is 4.78. The largest absolute Gasteiger partial charge is 0.423 e. The Morgan fingerprint density at radius 2 is 1.78 bits per heavy atom. The number of rotatable bonds is 5. The standard InChI is InChI=1S/C25H18ClNO4S/c1-16-5-4-6-18(13-16)15-27-23(28)22(32-25(27)30)14-17-9-11-19(12-10-17)31-24(29)20-7-2-3-8-21(20)26/h2-14H,15H2,1H3/b22-14-. The predicted octanol–water partition coefficient (Wildman–Crippen LogP) is 6.10. The lowest BCUT2D eigenvalue weighted by Crippen LogP contribution is -2.27. The maximum absolute atomic E-state index is 12.7. The van der Waals surface area contributed by atoms with Gasteiger partial charge in [0.05, 0.1) is 22.0 Å². The molecule has 5 nitrogen and oxygen atoms in total.